The van der Waals surface area contributed by atoms with E-state index in [1.807, 2.05) is 0 Å². The highest BCUT2D eigenvalue weighted by Gasteiger charge is 2.50. The molecule has 172 valence electrons. The van der Waals surface area contributed by atoms with Crippen LogP contribution in [0.4, 0.5) is 0 Å². The molecule has 0 saturated carbocycles. The molecular weight excluding hydrogens is 392 g/mol. The minimum Gasteiger partial charge on any atom is -0.394 e. The normalized spacial score (nSPS) is 43.4. The van der Waals surface area contributed by atoms with Crippen LogP contribution in [0, 0.1) is 0 Å². The molecule has 2 aliphatic rings. The van der Waals surface area contributed by atoms with Crippen molar-refractivity contribution in [3.63, 3.8) is 0 Å². The average Bonchev–Trinajstić information content (AvgIpc) is 2.72. The third kappa shape index (κ3) is 6.05. The molecule has 11 heteroatoms. The van der Waals surface area contributed by atoms with E-state index in [0.717, 1.165) is 25.7 Å². The fraction of sp³-hybridized carbons (Fsp3) is 1.00. The molecule has 2 heterocycles. The minimum absolute atomic E-state index is 0.278. The van der Waals surface area contributed by atoms with Gasteiger partial charge in [0.1, 0.15) is 48.8 Å². The lowest BCUT2D eigenvalue weighted by Crippen LogP contribution is -2.64. The molecule has 0 aromatic heterocycles. The topological polar surface area (TPSA) is 179 Å². The molecule has 0 bridgehead atoms. The maximum atomic E-state index is 10.5. The van der Waals surface area contributed by atoms with Crippen molar-refractivity contribution in [3.05, 3.63) is 0 Å². The monoisotopic (exact) mass is 426 g/mol. The van der Waals surface area contributed by atoms with Crippen molar-refractivity contribution in [2.45, 2.75) is 94.0 Å². The summed E-state index contributed by atoms with van der Waals surface area (Å²) in [7, 11) is 0. The van der Waals surface area contributed by atoms with Crippen LogP contribution in [-0.4, -0.2) is 117 Å². The molecule has 0 aliphatic carbocycles. The first-order valence-corrected chi connectivity index (χ1v) is 10.1. The van der Waals surface area contributed by atoms with Crippen molar-refractivity contribution < 1.29 is 54.7 Å². The van der Waals surface area contributed by atoms with E-state index in [1.54, 1.807) is 0 Å². The van der Waals surface area contributed by atoms with Crippen LogP contribution >= 0.6 is 0 Å². The van der Waals surface area contributed by atoms with E-state index in [0.29, 0.717) is 0 Å². The van der Waals surface area contributed by atoms with Gasteiger partial charge >= 0.3 is 0 Å². The Morgan fingerprint density at radius 2 is 1.28 bits per heavy atom. The van der Waals surface area contributed by atoms with Gasteiger partial charge in [-0.3, -0.25) is 0 Å². The molecule has 0 radical (unpaired) electrons. The molecule has 2 rings (SSSR count). The Morgan fingerprint density at radius 1 is 0.690 bits per heavy atom. The highest BCUT2D eigenvalue weighted by molar-refractivity contribution is 4.93. The summed E-state index contributed by atoms with van der Waals surface area (Å²) in [5.41, 5.74) is 0. The van der Waals surface area contributed by atoms with Crippen molar-refractivity contribution in [3.8, 4) is 0 Å². The highest BCUT2D eigenvalue weighted by Crippen LogP contribution is 2.29. The third-order valence-corrected chi connectivity index (χ3v) is 5.24. The van der Waals surface area contributed by atoms with Gasteiger partial charge in [0.25, 0.3) is 0 Å². The van der Waals surface area contributed by atoms with Gasteiger partial charge in [-0.15, -0.1) is 0 Å². The van der Waals surface area contributed by atoms with Gasteiger partial charge in [-0.1, -0.05) is 26.2 Å². The van der Waals surface area contributed by atoms with Gasteiger partial charge in [0.2, 0.25) is 0 Å². The summed E-state index contributed by atoms with van der Waals surface area (Å²) < 4.78 is 22.0. The molecule has 0 aromatic rings. The maximum Gasteiger partial charge on any atom is 0.187 e. The first kappa shape index (κ1) is 24.8. The Hall–Kier alpha value is -0.440. The molecular formula is C18H34O11. The van der Waals surface area contributed by atoms with Crippen LogP contribution in [0.5, 0.6) is 0 Å². The zero-order valence-corrected chi connectivity index (χ0v) is 16.5. The number of rotatable bonds is 10. The summed E-state index contributed by atoms with van der Waals surface area (Å²) in [5, 5.41) is 69.2. The predicted octanol–water partition coefficient (Wildman–Crippen LogP) is -2.79. The van der Waals surface area contributed by atoms with E-state index in [2.05, 4.69) is 6.92 Å². The number of hydrogen-bond donors (Lipinski definition) is 7. The summed E-state index contributed by atoms with van der Waals surface area (Å²) in [6.45, 7) is 1.15. The van der Waals surface area contributed by atoms with E-state index in [1.165, 1.54) is 0 Å². The Morgan fingerprint density at radius 3 is 1.86 bits per heavy atom. The van der Waals surface area contributed by atoms with Gasteiger partial charge in [0, 0.05) is 6.61 Å². The van der Waals surface area contributed by atoms with Crippen LogP contribution < -0.4 is 0 Å². The quantitative estimate of drug-likeness (QED) is 0.180. The first-order chi connectivity index (χ1) is 13.8. The highest BCUT2D eigenvalue weighted by atomic mass is 16.8. The second-order valence-corrected chi connectivity index (χ2v) is 7.44. The van der Waals surface area contributed by atoms with Crippen LogP contribution in [0.15, 0.2) is 0 Å². The van der Waals surface area contributed by atoms with Gasteiger partial charge in [-0.2, -0.15) is 0 Å². The van der Waals surface area contributed by atoms with Gasteiger partial charge in [0.05, 0.1) is 13.2 Å². The summed E-state index contributed by atoms with van der Waals surface area (Å²) >= 11 is 0. The Bertz CT molecular complexity index is 465. The molecule has 0 amide bonds. The largest absolute Gasteiger partial charge is 0.394 e. The molecule has 0 unspecified atom stereocenters. The van der Waals surface area contributed by atoms with Crippen LogP contribution in [0.25, 0.3) is 0 Å². The number of unbranched alkanes of at least 4 members (excludes halogenated alkanes) is 3. The van der Waals surface area contributed by atoms with Gasteiger partial charge in [0.15, 0.2) is 12.6 Å². The smallest absolute Gasteiger partial charge is 0.187 e. The van der Waals surface area contributed by atoms with Crippen molar-refractivity contribution in [2.75, 3.05) is 19.8 Å². The fourth-order valence-corrected chi connectivity index (χ4v) is 3.40. The molecule has 2 aliphatic heterocycles. The van der Waals surface area contributed by atoms with E-state index < -0.39 is 74.6 Å². The second-order valence-electron chi connectivity index (χ2n) is 7.44. The Kier molecular flexibility index (Phi) is 10.1. The van der Waals surface area contributed by atoms with E-state index in [4.69, 9.17) is 18.9 Å². The maximum absolute atomic E-state index is 10.5. The van der Waals surface area contributed by atoms with Gasteiger partial charge in [-0.25, -0.2) is 0 Å². The molecule has 2 fully saturated rings. The van der Waals surface area contributed by atoms with E-state index >= 15 is 0 Å². The summed E-state index contributed by atoms with van der Waals surface area (Å²) in [6.07, 6.45) is -10.5. The number of ether oxygens (including phenoxy) is 4. The molecule has 10 atom stereocenters. The number of aliphatic hydroxyl groups excluding tert-OH is 7. The number of aliphatic hydroxyl groups is 7. The lowest BCUT2D eigenvalue weighted by molar-refractivity contribution is -0.367. The first-order valence-electron chi connectivity index (χ1n) is 10.1. The minimum atomic E-state index is -1.68. The Labute approximate surface area is 169 Å². The van der Waals surface area contributed by atoms with Crippen molar-refractivity contribution >= 4 is 0 Å². The standard InChI is InChI=1S/C18H34O11/c1-2-3-4-5-6-26-18-16(14(24)12(22)10(8-20)28-18)29-17-15(25)13(23)11(21)9(7-19)27-17/h9-25H,2-8H2,1H3/t9-,10-,11-,12-,13+,14+,15-,16-,17+,18-/m1/s1. The summed E-state index contributed by atoms with van der Waals surface area (Å²) in [6, 6.07) is 0. The Balaban J connectivity index is 2.07. The lowest BCUT2D eigenvalue weighted by atomic mass is 9.97. The van der Waals surface area contributed by atoms with E-state index in [-0.39, 0.29) is 6.61 Å². The van der Waals surface area contributed by atoms with Crippen LogP contribution in [-0.2, 0) is 18.9 Å². The van der Waals surface area contributed by atoms with Gasteiger partial charge in [-0.05, 0) is 6.42 Å². The van der Waals surface area contributed by atoms with Gasteiger partial charge < -0.3 is 54.7 Å². The summed E-state index contributed by atoms with van der Waals surface area (Å²) in [4.78, 5) is 0. The second kappa shape index (κ2) is 11.8. The zero-order valence-electron chi connectivity index (χ0n) is 16.5. The molecule has 29 heavy (non-hydrogen) atoms. The predicted molar refractivity (Wildman–Crippen MR) is 96.5 cm³/mol. The van der Waals surface area contributed by atoms with Crippen LogP contribution in [0.3, 0.4) is 0 Å². The lowest BCUT2D eigenvalue weighted by Gasteiger charge is -2.45. The van der Waals surface area contributed by atoms with Crippen molar-refractivity contribution in [2.24, 2.45) is 0 Å². The van der Waals surface area contributed by atoms with Crippen LogP contribution in [0.2, 0.25) is 0 Å². The summed E-state index contributed by atoms with van der Waals surface area (Å²) in [5.74, 6) is 0. The zero-order chi connectivity index (χ0) is 21.6. The molecule has 0 spiro atoms. The molecule has 11 nitrogen and oxygen atoms in total. The SMILES string of the molecule is CCCCCCO[C@@H]1O[C@H](CO)[C@@H](O)[C@H](O)[C@H]1O[C@@H]1O[C@H](CO)[C@@H](O)[C@H](O)[C@H]1O. The fourth-order valence-electron chi connectivity index (χ4n) is 3.40. The average molecular weight is 426 g/mol. The van der Waals surface area contributed by atoms with Crippen LogP contribution in [0.1, 0.15) is 32.6 Å². The molecule has 2 saturated heterocycles. The third-order valence-electron chi connectivity index (χ3n) is 5.24. The van der Waals surface area contributed by atoms with Crippen molar-refractivity contribution in [1.29, 1.82) is 0 Å². The van der Waals surface area contributed by atoms with Crippen molar-refractivity contribution in [1.82, 2.24) is 0 Å². The molecule has 0 aromatic carbocycles. The number of hydrogen-bond acceptors (Lipinski definition) is 11. The van der Waals surface area contributed by atoms with E-state index in [9.17, 15) is 35.7 Å². The molecule has 7 N–H and O–H groups in total.